The van der Waals surface area contributed by atoms with Crippen molar-refractivity contribution in [3.8, 4) is 5.75 Å². The molecule has 2 aromatic carbocycles. The molecule has 0 unspecified atom stereocenters. The van der Waals surface area contributed by atoms with Crippen LogP contribution in [0.5, 0.6) is 5.75 Å². The predicted octanol–water partition coefficient (Wildman–Crippen LogP) is 3.09. The minimum absolute atomic E-state index is 0.154. The molecule has 25 heavy (non-hydrogen) atoms. The van der Waals surface area contributed by atoms with Crippen molar-refractivity contribution < 1.29 is 4.74 Å². The van der Waals surface area contributed by atoms with E-state index in [1.807, 2.05) is 41.0 Å². The first-order valence-electron chi connectivity index (χ1n) is 7.87. The molecule has 0 bridgehead atoms. The number of halogens is 1. The monoisotopic (exact) mass is 354 g/mol. The Morgan fingerprint density at radius 3 is 2.52 bits per heavy atom. The summed E-state index contributed by atoms with van der Waals surface area (Å²) >= 11 is 5.88. The number of rotatable bonds is 4. The minimum atomic E-state index is -0.154. The van der Waals surface area contributed by atoms with Gasteiger partial charge in [-0.3, -0.25) is 4.79 Å². The van der Waals surface area contributed by atoms with Gasteiger partial charge in [0, 0.05) is 5.02 Å². The number of hydrogen-bond donors (Lipinski definition) is 0. The van der Waals surface area contributed by atoms with Crippen molar-refractivity contribution >= 4 is 28.4 Å². The van der Waals surface area contributed by atoms with E-state index >= 15 is 0 Å². The van der Waals surface area contributed by atoms with E-state index in [1.54, 1.807) is 23.5 Å². The maximum atomic E-state index is 12.5. The average Bonchev–Trinajstić information content (AvgIpc) is 2.94. The molecule has 0 saturated heterocycles. The van der Waals surface area contributed by atoms with Crippen LogP contribution in [0.15, 0.2) is 53.3 Å². The second-order valence-corrected chi connectivity index (χ2v) is 6.11. The van der Waals surface area contributed by atoms with E-state index in [-0.39, 0.29) is 5.56 Å². The highest BCUT2D eigenvalue weighted by Crippen LogP contribution is 2.19. The zero-order valence-corrected chi connectivity index (χ0v) is 14.3. The lowest BCUT2D eigenvalue weighted by atomic mass is 10.3. The molecular weight excluding hydrogens is 340 g/mol. The average molecular weight is 355 g/mol. The molecule has 0 N–H and O–H groups in total. The van der Waals surface area contributed by atoms with Gasteiger partial charge in [0.1, 0.15) is 18.1 Å². The molecule has 0 aliphatic rings. The summed E-state index contributed by atoms with van der Waals surface area (Å²) in [4.78, 5) is 12.5. The largest absolute Gasteiger partial charge is 0.492 e. The van der Waals surface area contributed by atoms with Crippen LogP contribution >= 0.6 is 11.6 Å². The number of para-hydroxylation sites is 2. The summed E-state index contributed by atoms with van der Waals surface area (Å²) < 4.78 is 9.31. The first-order valence-corrected chi connectivity index (χ1v) is 8.24. The summed E-state index contributed by atoms with van der Waals surface area (Å²) in [6.07, 6.45) is 0. The fourth-order valence-electron chi connectivity index (χ4n) is 2.85. The van der Waals surface area contributed by atoms with Crippen LogP contribution in [-0.4, -0.2) is 25.8 Å². The number of aromatic nitrogens is 4. The molecule has 0 radical (unpaired) electrons. The summed E-state index contributed by atoms with van der Waals surface area (Å²) in [6.45, 7) is 2.63. The van der Waals surface area contributed by atoms with E-state index in [4.69, 9.17) is 16.3 Å². The zero-order valence-electron chi connectivity index (χ0n) is 13.5. The molecule has 0 aliphatic heterocycles. The Balaban J connectivity index is 1.72. The van der Waals surface area contributed by atoms with Gasteiger partial charge in [0.2, 0.25) is 5.78 Å². The van der Waals surface area contributed by atoms with E-state index < -0.39 is 0 Å². The number of aryl methyl sites for hydroxylation is 1. The van der Waals surface area contributed by atoms with Gasteiger partial charge in [-0.25, -0.2) is 4.40 Å². The van der Waals surface area contributed by atoms with Gasteiger partial charge in [0.25, 0.3) is 5.56 Å². The van der Waals surface area contributed by atoms with Gasteiger partial charge in [-0.05, 0) is 43.3 Å². The Hall–Kier alpha value is -2.86. The van der Waals surface area contributed by atoms with Crippen LogP contribution < -0.4 is 10.3 Å². The third kappa shape index (κ3) is 2.74. The van der Waals surface area contributed by atoms with Crippen LogP contribution in [0.4, 0.5) is 0 Å². The van der Waals surface area contributed by atoms with Crippen LogP contribution in [0.1, 0.15) is 5.69 Å². The van der Waals surface area contributed by atoms with Gasteiger partial charge in [-0.1, -0.05) is 23.7 Å². The lowest BCUT2D eigenvalue weighted by Gasteiger charge is -2.08. The van der Waals surface area contributed by atoms with Crippen molar-refractivity contribution in [3.63, 3.8) is 0 Å². The van der Waals surface area contributed by atoms with Crippen molar-refractivity contribution in [1.29, 1.82) is 0 Å². The number of imidazole rings is 1. The Kier molecular flexibility index (Phi) is 3.89. The minimum Gasteiger partial charge on any atom is -0.492 e. The number of hydrogen-bond acceptors (Lipinski definition) is 4. The molecule has 0 aliphatic carbocycles. The molecule has 4 aromatic rings. The molecule has 6 nitrogen and oxygen atoms in total. The highest BCUT2D eigenvalue weighted by Gasteiger charge is 2.14. The van der Waals surface area contributed by atoms with E-state index in [0.717, 1.165) is 16.8 Å². The highest BCUT2D eigenvalue weighted by atomic mass is 35.5. The van der Waals surface area contributed by atoms with Crippen molar-refractivity contribution in [3.05, 3.63) is 69.6 Å². The first-order chi connectivity index (χ1) is 12.1. The first kappa shape index (κ1) is 15.7. The molecule has 126 valence electrons. The SMILES string of the molecule is Cc1nnc2n(CCOc3ccc(Cl)cc3)c3ccccc3n2c1=O. The summed E-state index contributed by atoms with van der Waals surface area (Å²) in [5.41, 5.74) is 1.95. The number of ether oxygens (including phenoxy) is 1. The third-order valence-corrected chi connectivity index (χ3v) is 4.31. The highest BCUT2D eigenvalue weighted by molar-refractivity contribution is 6.30. The Morgan fingerprint density at radius 2 is 1.76 bits per heavy atom. The molecule has 0 atom stereocenters. The Labute approximate surface area is 148 Å². The van der Waals surface area contributed by atoms with Gasteiger partial charge in [0.05, 0.1) is 17.6 Å². The van der Waals surface area contributed by atoms with Crippen LogP contribution in [0.25, 0.3) is 16.8 Å². The maximum absolute atomic E-state index is 12.5. The van der Waals surface area contributed by atoms with Crippen molar-refractivity contribution in [2.45, 2.75) is 13.5 Å². The zero-order chi connectivity index (χ0) is 17.4. The summed E-state index contributed by atoms with van der Waals surface area (Å²) in [5, 5.41) is 8.86. The van der Waals surface area contributed by atoms with E-state index in [9.17, 15) is 4.79 Å². The summed E-state index contributed by atoms with van der Waals surface area (Å²) in [6, 6.07) is 14.9. The summed E-state index contributed by atoms with van der Waals surface area (Å²) in [5.74, 6) is 1.25. The standard InChI is InChI=1S/C18H15ClN4O2/c1-12-17(24)23-16-5-3-2-4-15(16)22(18(23)21-20-12)10-11-25-14-8-6-13(19)7-9-14/h2-9H,10-11H2,1H3. The second-order valence-electron chi connectivity index (χ2n) is 5.67. The van der Waals surface area contributed by atoms with Gasteiger partial charge in [-0.2, -0.15) is 0 Å². The fraction of sp³-hybridized carbons (Fsp3) is 0.167. The summed E-state index contributed by atoms with van der Waals surface area (Å²) in [7, 11) is 0. The van der Waals surface area contributed by atoms with Crippen molar-refractivity contribution in [2.75, 3.05) is 6.61 Å². The quantitative estimate of drug-likeness (QED) is 0.565. The predicted molar refractivity (Wildman–Crippen MR) is 96.4 cm³/mol. The lowest BCUT2D eigenvalue weighted by Crippen LogP contribution is -2.20. The third-order valence-electron chi connectivity index (χ3n) is 4.05. The number of nitrogens with zero attached hydrogens (tertiary/aromatic N) is 4. The van der Waals surface area contributed by atoms with Crippen LogP contribution in [-0.2, 0) is 6.54 Å². The van der Waals surface area contributed by atoms with Crippen molar-refractivity contribution in [1.82, 2.24) is 19.2 Å². The molecule has 0 fully saturated rings. The normalized spacial score (nSPS) is 11.3. The van der Waals surface area contributed by atoms with Crippen molar-refractivity contribution in [2.24, 2.45) is 0 Å². The Morgan fingerprint density at radius 1 is 1.04 bits per heavy atom. The number of fused-ring (bicyclic) bond motifs is 3. The van der Waals surface area contributed by atoms with Crippen LogP contribution in [0.2, 0.25) is 5.02 Å². The second kappa shape index (κ2) is 6.22. The molecule has 2 heterocycles. The van der Waals surface area contributed by atoms with Crippen LogP contribution in [0, 0.1) is 6.92 Å². The topological polar surface area (TPSA) is 61.4 Å². The molecule has 2 aromatic heterocycles. The molecule has 0 amide bonds. The van der Waals surface area contributed by atoms with E-state index in [2.05, 4.69) is 10.2 Å². The van der Waals surface area contributed by atoms with Crippen LogP contribution in [0.3, 0.4) is 0 Å². The Bertz CT molecular complexity index is 1120. The maximum Gasteiger partial charge on any atom is 0.281 e. The van der Waals surface area contributed by atoms with Gasteiger partial charge >= 0.3 is 0 Å². The fourth-order valence-corrected chi connectivity index (χ4v) is 2.97. The van der Waals surface area contributed by atoms with E-state index in [1.165, 1.54) is 0 Å². The smallest absolute Gasteiger partial charge is 0.281 e. The molecule has 7 heteroatoms. The molecule has 0 spiro atoms. The number of benzene rings is 2. The van der Waals surface area contributed by atoms with E-state index in [0.29, 0.717) is 29.6 Å². The molecule has 0 saturated carbocycles. The van der Waals surface area contributed by atoms with Gasteiger partial charge < -0.3 is 9.30 Å². The molecular formula is C18H15ClN4O2. The van der Waals surface area contributed by atoms with Gasteiger partial charge in [0.15, 0.2) is 0 Å². The lowest BCUT2D eigenvalue weighted by molar-refractivity contribution is 0.301. The molecule has 4 rings (SSSR count). The van der Waals surface area contributed by atoms with Gasteiger partial charge in [-0.15, -0.1) is 10.2 Å².